The normalized spacial score (nSPS) is 10.8. The lowest BCUT2D eigenvalue weighted by Gasteiger charge is -2.08. The van der Waals surface area contributed by atoms with Crippen LogP contribution in [-0.4, -0.2) is 41.8 Å². The summed E-state index contributed by atoms with van der Waals surface area (Å²) >= 11 is 0. The summed E-state index contributed by atoms with van der Waals surface area (Å²) in [4.78, 5) is 24.0. The highest BCUT2D eigenvalue weighted by molar-refractivity contribution is 6.00. The van der Waals surface area contributed by atoms with E-state index in [9.17, 15) is 9.59 Å². The average molecular weight is 320 g/mol. The van der Waals surface area contributed by atoms with Gasteiger partial charge in [0, 0.05) is 36.7 Å². The van der Waals surface area contributed by atoms with Gasteiger partial charge in [-0.1, -0.05) is 5.16 Å². The Morgan fingerprint density at radius 2 is 2.00 bits per heavy atom. The number of hydrogen-bond acceptors (Lipinski definition) is 6. The number of nitrogens with zero attached hydrogens (tertiary/aromatic N) is 2. The van der Waals surface area contributed by atoms with E-state index in [2.05, 4.69) is 5.16 Å². The molecule has 0 N–H and O–H groups in total. The molecule has 0 aliphatic carbocycles. The molecule has 124 valence electrons. The summed E-state index contributed by atoms with van der Waals surface area (Å²) in [5.41, 5.74) is 2.90. The highest BCUT2D eigenvalue weighted by atomic mass is 16.6. The zero-order valence-electron chi connectivity index (χ0n) is 13.7. The van der Waals surface area contributed by atoms with Crippen molar-refractivity contribution in [3.05, 3.63) is 40.5 Å². The van der Waals surface area contributed by atoms with Crippen molar-refractivity contribution in [2.45, 2.75) is 27.3 Å². The lowest BCUT2D eigenvalue weighted by atomic mass is 10.1. The van der Waals surface area contributed by atoms with Gasteiger partial charge in [0.25, 0.3) is 0 Å². The first-order valence-electron chi connectivity index (χ1n) is 7.23. The van der Waals surface area contributed by atoms with Crippen molar-refractivity contribution < 1.29 is 23.6 Å². The second kappa shape index (κ2) is 7.23. The van der Waals surface area contributed by atoms with Gasteiger partial charge in [-0.2, -0.15) is 0 Å². The van der Waals surface area contributed by atoms with Gasteiger partial charge in [0.2, 0.25) is 11.5 Å². The standard InChI is InChI=1S/C16H20N2O5/c1-10-7-15(23-17-10)16(20)22-9-14(19)13-8-11(2)18(12(13)3)5-6-21-4/h7-8H,5-6,9H2,1-4H3. The van der Waals surface area contributed by atoms with Crippen LogP contribution in [0.15, 0.2) is 16.7 Å². The van der Waals surface area contributed by atoms with Gasteiger partial charge in [-0.05, 0) is 26.8 Å². The van der Waals surface area contributed by atoms with Gasteiger partial charge in [0.1, 0.15) is 0 Å². The zero-order chi connectivity index (χ0) is 17.0. The number of Topliss-reactive ketones (excluding diaryl/α,β-unsaturated/α-hetero) is 1. The number of esters is 1. The van der Waals surface area contributed by atoms with E-state index in [4.69, 9.17) is 14.0 Å². The van der Waals surface area contributed by atoms with Crippen LogP contribution in [0, 0.1) is 20.8 Å². The number of ketones is 1. The van der Waals surface area contributed by atoms with Crippen molar-refractivity contribution in [1.82, 2.24) is 9.72 Å². The minimum Gasteiger partial charge on any atom is -0.451 e. The van der Waals surface area contributed by atoms with Crippen molar-refractivity contribution in [1.29, 1.82) is 0 Å². The molecule has 2 rings (SSSR count). The molecule has 2 heterocycles. The van der Waals surface area contributed by atoms with Crippen LogP contribution in [0.2, 0.25) is 0 Å². The van der Waals surface area contributed by atoms with E-state index >= 15 is 0 Å². The smallest absolute Gasteiger partial charge is 0.377 e. The third-order valence-corrected chi connectivity index (χ3v) is 3.56. The third-order valence-electron chi connectivity index (χ3n) is 3.56. The van der Waals surface area contributed by atoms with Crippen molar-refractivity contribution in [2.75, 3.05) is 20.3 Å². The Hall–Kier alpha value is -2.41. The van der Waals surface area contributed by atoms with Crippen molar-refractivity contribution in [2.24, 2.45) is 0 Å². The van der Waals surface area contributed by atoms with E-state index in [1.807, 2.05) is 18.4 Å². The maximum atomic E-state index is 12.3. The Morgan fingerprint density at radius 3 is 2.61 bits per heavy atom. The molecule has 0 radical (unpaired) electrons. The lowest BCUT2D eigenvalue weighted by molar-refractivity contribution is 0.0435. The molecule has 0 amide bonds. The van der Waals surface area contributed by atoms with E-state index in [0.717, 1.165) is 11.4 Å². The van der Waals surface area contributed by atoms with Crippen LogP contribution in [0.5, 0.6) is 0 Å². The lowest BCUT2D eigenvalue weighted by Crippen LogP contribution is -2.15. The number of aryl methyl sites for hydroxylation is 2. The summed E-state index contributed by atoms with van der Waals surface area (Å²) in [6.45, 7) is 6.36. The van der Waals surface area contributed by atoms with E-state index in [1.54, 1.807) is 20.1 Å². The largest absolute Gasteiger partial charge is 0.451 e. The molecule has 2 aromatic rings. The monoisotopic (exact) mass is 320 g/mol. The quantitative estimate of drug-likeness (QED) is 0.574. The van der Waals surface area contributed by atoms with E-state index in [1.165, 1.54) is 6.07 Å². The van der Waals surface area contributed by atoms with Crippen LogP contribution in [-0.2, 0) is 16.0 Å². The summed E-state index contributed by atoms with van der Waals surface area (Å²) in [7, 11) is 1.63. The molecular formula is C16H20N2O5. The van der Waals surface area contributed by atoms with Gasteiger partial charge < -0.3 is 18.6 Å². The first-order chi connectivity index (χ1) is 10.9. The summed E-state index contributed by atoms with van der Waals surface area (Å²) in [6.07, 6.45) is 0. The van der Waals surface area contributed by atoms with Crippen LogP contribution >= 0.6 is 0 Å². The fourth-order valence-electron chi connectivity index (χ4n) is 2.35. The molecule has 0 aliphatic heterocycles. The van der Waals surface area contributed by atoms with Crippen LogP contribution < -0.4 is 0 Å². The summed E-state index contributed by atoms with van der Waals surface area (Å²) in [6, 6.07) is 3.25. The molecule has 0 bridgehead atoms. The molecule has 2 aromatic heterocycles. The maximum absolute atomic E-state index is 12.3. The predicted molar refractivity (Wildman–Crippen MR) is 81.6 cm³/mol. The van der Waals surface area contributed by atoms with Gasteiger partial charge in [-0.3, -0.25) is 4.79 Å². The number of methoxy groups -OCH3 is 1. The van der Waals surface area contributed by atoms with Crippen molar-refractivity contribution in [3.8, 4) is 0 Å². The molecule has 0 atom stereocenters. The maximum Gasteiger partial charge on any atom is 0.377 e. The Balaban J connectivity index is 2.02. The SMILES string of the molecule is COCCn1c(C)cc(C(=O)COC(=O)c2cc(C)no2)c1C. The number of hydrogen-bond donors (Lipinski definition) is 0. The molecule has 0 aliphatic rings. The predicted octanol–water partition coefficient (Wildman–Crippen LogP) is 2.09. The molecule has 7 nitrogen and oxygen atoms in total. The Labute approximate surface area is 134 Å². The van der Waals surface area contributed by atoms with Crippen molar-refractivity contribution in [3.63, 3.8) is 0 Å². The second-order valence-electron chi connectivity index (χ2n) is 5.26. The molecule has 7 heteroatoms. The number of carbonyl (C=O) groups excluding carboxylic acids is 2. The first kappa shape index (κ1) is 17.0. The van der Waals surface area contributed by atoms with Gasteiger partial charge in [0.15, 0.2) is 6.61 Å². The zero-order valence-corrected chi connectivity index (χ0v) is 13.7. The van der Waals surface area contributed by atoms with E-state index < -0.39 is 5.97 Å². The van der Waals surface area contributed by atoms with Crippen LogP contribution in [0.3, 0.4) is 0 Å². The van der Waals surface area contributed by atoms with E-state index in [0.29, 0.717) is 24.4 Å². The van der Waals surface area contributed by atoms with Crippen molar-refractivity contribution >= 4 is 11.8 Å². The number of carbonyl (C=O) groups is 2. The second-order valence-corrected chi connectivity index (χ2v) is 5.26. The number of ether oxygens (including phenoxy) is 2. The topological polar surface area (TPSA) is 83.6 Å². The highest BCUT2D eigenvalue weighted by Crippen LogP contribution is 2.16. The van der Waals surface area contributed by atoms with Gasteiger partial charge in [0.05, 0.1) is 12.3 Å². The molecule has 23 heavy (non-hydrogen) atoms. The van der Waals surface area contributed by atoms with Crippen LogP contribution in [0.4, 0.5) is 0 Å². The third kappa shape index (κ3) is 3.87. The Kier molecular flexibility index (Phi) is 5.33. The number of aromatic nitrogens is 2. The average Bonchev–Trinajstić information content (AvgIpc) is 3.07. The Bertz CT molecular complexity index is 714. The summed E-state index contributed by atoms with van der Waals surface area (Å²) in [5, 5.41) is 3.60. The van der Waals surface area contributed by atoms with Crippen LogP contribution in [0.1, 0.15) is 38.0 Å². The molecular weight excluding hydrogens is 300 g/mol. The van der Waals surface area contributed by atoms with E-state index in [-0.39, 0.29) is 18.2 Å². The molecule has 0 unspecified atom stereocenters. The van der Waals surface area contributed by atoms with Gasteiger partial charge >= 0.3 is 5.97 Å². The fraction of sp³-hybridized carbons (Fsp3) is 0.438. The van der Waals surface area contributed by atoms with Crippen LogP contribution in [0.25, 0.3) is 0 Å². The first-order valence-corrected chi connectivity index (χ1v) is 7.23. The molecule has 0 saturated heterocycles. The molecule has 0 saturated carbocycles. The molecule has 0 fully saturated rings. The fourth-order valence-corrected chi connectivity index (χ4v) is 2.35. The van der Waals surface area contributed by atoms with Gasteiger partial charge in [-0.15, -0.1) is 0 Å². The summed E-state index contributed by atoms with van der Waals surface area (Å²) in [5.74, 6) is -0.973. The number of rotatable bonds is 7. The molecule has 0 spiro atoms. The Morgan fingerprint density at radius 1 is 1.26 bits per heavy atom. The molecule has 0 aromatic carbocycles. The minimum absolute atomic E-state index is 0.0131. The minimum atomic E-state index is -0.702. The van der Waals surface area contributed by atoms with Gasteiger partial charge in [-0.25, -0.2) is 4.79 Å². The highest BCUT2D eigenvalue weighted by Gasteiger charge is 2.19. The summed E-state index contributed by atoms with van der Waals surface area (Å²) < 4.78 is 16.9.